The molecular formula is C19H23ClN2O4S. The first kappa shape index (κ1) is 21.2. The molecule has 0 aliphatic carbocycles. The van der Waals surface area contributed by atoms with Crippen LogP contribution in [0.25, 0.3) is 0 Å². The normalized spacial score (nSPS) is 11.5. The van der Waals surface area contributed by atoms with E-state index < -0.39 is 10.0 Å². The third-order valence-electron chi connectivity index (χ3n) is 4.44. The van der Waals surface area contributed by atoms with Crippen LogP contribution in [-0.4, -0.2) is 46.4 Å². The maximum absolute atomic E-state index is 12.7. The minimum Gasteiger partial charge on any atom is -0.495 e. The van der Waals surface area contributed by atoms with Gasteiger partial charge in [-0.3, -0.25) is 4.79 Å². The standard InChI is InChI=1S/C19H23ClN2O4S/c1-13-6-7-15(10-14(13)2)22(4)19(23)12-21(3)27(24,25)16-8-9-18(26-5)17(20)11-16/h6-11H,12H2,1-5H3. The van der Waals surface area contributed by atoms with Gasteiger partial charge in [0.15, 0.2) is 0 Å². The molecule has 0 atom stereocenters. The molecule has 27 heavy (non-hydrogen) atoms. The quantitative estimate of drug-likeness (QED) is 0.733. The Morgan fingerprint density at radius 3 is 2.30 bits per heavy atom. The lowest BCUT2D eigenvalue weighted by molar-refractivity contribution is -0.118. The van der Waals surface area contributed by atoms with E-state index in [1.807, 2.05) is 32.0 Å². The molecule has 0 saturated carbocycles. The molecule has 8 heteroatoms. The number of sulfonamides is 1. The lowest BCUT2D eigenvalue weighted by Gasteiger charge is -2.22. The predicted molar refractivity (Wildman–Crippen MR) is 107 cm³/mol. The van der Waals surface area contributed by atoms with Crippen molar-refractivity contribution in [2.45, 2.75) is 18.7 Å². The summed E-state index contributed by atoms with van der Waals surface area (Å²) in [6.07, 6.45) is 0. The minimum atomic E-state index is -3.87. The van der Waals surface area contributed by atoms with Gasteiger partial charge < -0.3 is 9.64 Å². The number of amides is 1. The second-order valence-corrected chi connectivity index (χ2v) is 8.73. The van der Waals surface area contributed by atoms with Crippen molar-refractivity contribution in [3.63, 3.8) is 0 Å². The molecule has 2 rings (SSSR count). The van der Waals surface area contributed by atoms with Crippen LogP contribution in [0.15, 0.2) is 41.3 Å². The molecule has 0 aliphatic heterocycles. The highest BCUT2D eigenvalue weighted by Gasteiger charge is 2.25. The number of methoxy groups -OCH3 is 1. The fourth-order valence-corrected chi connectivity index (χ4v) is 3.92. The minimum absolute atomic E-state index is 0.00238. The molecule has 146 valence electrons. The number of carbonyl (C=O) groups excluding carboxylic acids is 1. The van der Waals surface area contributed by atoms with Crippen molar-refractivity contribution in [1.82, 2.24) is 4.31 Å². The number of likely N-dealkylation sites (N-methyl/N-ethyl adjacent to an activating group) is 2. The van der Waals surface area contributed by atoms with E-state index in [0.717, 1.165) is 15.4 Å². The van der Waals surface area contributed by atoms with Crippen LogP contribution >= 0.6 is 11.6 Å². The summed E-state index contributed by atoms with van der Waals surface area (Å²) in [6.45, 7) is 3.65. The zero-order chi connectivity index (χ0) is 20.4. The SMILES string of the molecule is COc1ccc(S(=O)(=O)N(C)CC(=O)N(C)c2ccc(C)c(C)c2)cc1Cl. The van der Waals surface area contributed by atoms with Gasteiger partial charge in [-0.1, -0.05) is 17.7 Å². The van der Waals surface area contributed by atoms with Gasteiger partial charge in [0.05, 0.1) is 23.6 Å². The predicted octanol–water partition coefficient (Wildman–Crippen LogP) is 3.25. The van der Waals surface area contributed by atoms with Gasteiger partial charge in [0.2, 0.25) is 15.9 Å². The summed E-state index contributed by atoms with van der Waals surface area (Å²) < 4.78 is 31.5. The van der Waals surface area contributed by atoms with Crippen molar-refractivity contribution in [2.24, 2.45) is 0 Å². The van der Waals surface area contributed by atoms with Crippen LogP contribution in [0, 0.1) is 13.8 Å². The number of carbonyl (C=O) groups is 1. The Morgan fingerprint density at radius 2 is 1.74 bits per heavy atom. The molecule has 0 aromatic heterocycles. The number of nitrogens with zero attached hydrogens (tertiary/aromatic N) is 2. The number of hydrogen-bond acceptors (Lipinski definition) is 4. The molecule has 2 aromatic rings. The Morgan fingerprint density at radius 1 is 1.07 bits per heavy atom. The lowest BCUT2D eigenvalue weighted by atomic mass is 10.1. The van der Waals surface area contributed by atoms with Crippen LogP contribution in [0.3, 0.4) is 0 Å². The van der Waals surface area contributed by atoms with E-state index in [9.17, 15) is 13.2 Å². The van der Waals surface area contributed by atoms with Crippen LogP contribution < -0.4 is 9.64 Å². The summed E-state index contributed by atoms with van der Waals surface area (Å²) in [5.41, 5.74) is 2.89. The largest absolute Gasteiger partial charge is 0.495 e. The summed E-state index contributed by atoms with van der Waals surface area (Å²) in [5, 5.41) is 0.186. The van der Waals surface area contributed by atoms with Gasteiger partial charge in [-0.05, 0) is 55.3 Å². The zero-order valence-corrected chi connectivity index (χ0v) is 17.6. The number of hydrogen-bond donors (Lipinski definition) is 0. The van der Waals surface area contributed by atoms with Crippen molar-refractivity contribution in [3.8, 4) is 5.75 Å². The summed E-state index contributed by atoms with van der Waals surface area (Å²) in [4.78, 5) is 14.0. The van der Waals surface area contributed by atoms with E-state index in [-0.39, 0.29) is 22.4 Å². The molecule has 6 nitrogen and oxygen atoms in total. The smallest absolute Gasteiger partial charge is 0.243 e. The molecule has 0 spiro atoms. The van der Waals surface area contributed by atoms with Gasteiger partial charge in [0.1, 0.15) is 5.75 Å². The average molecular weight is 411 g/mol. The van der Waals surface area contributed by atoms with Gasteiger partial charge in [-0.25, -0.2) is 8.42 Å². The number of ether oxygens (including phenoxy) is 1. The zero-order valence-electron chi connectivity index (χ0n) is 16.0. The lowest BCUT2D eigenvalue weighted by Crippen LogP contribution is -2.39. The number of benzene rings is 2. The highest BCUT2D eigenvalue weighted by molar-refractivity contribution is 7.89. The van der Waals surface area contributed by atoms with Gasteiger partial charge >= 0.3 is 0 Å². The Hall–Kier alpha value is -2.09. The number of aryl methyl sites for hydroxylation is 2. The Balaban J connectivity index is 2.19. The van der Waals surface area contributed by atoms with E-state index in [2.05, 4.69) is 0 Å². The summed E-state index contributed by atoms with van der Waals surface area (Å²) in [7, 11) is 0.564. The highest BCUT2D eigenvalue weighted by atomic mass is 35.5. The van der Waals surface area contributed by atoms with Gasteiger partial charge in [0, 0.05) is 19.8 Å². The molecule has 0 saturated heterocycles. The van der Waals surface area contributed by atoms with E-state index in [4.69, 9.17) is 16.3 Å². The summed E-state index contributed by atoms with van der Waals surface area (Å²) >= 11 is 6.02. The monoisotopic (exact) mass is 410 g/mol. The molecule has 1 amide bonds. The Kier molecular flexibility index (Phi) is 6.51. The Bertz CT molecular complexity index is 960. The van der Waals surface area contributed by atoms with Crippen LogP contribution in [0.5, 0.6) is 5.75 Å². The summed E-state index contributed by atoms with van der Waals surface area (Å²) in [6, 6.07) is 9.83. The third-order valence-corrected chi connectivity index (χ3v) is 6.54. The van der Waals surface area contributed by atoms with Gasteiger partial charge in [0.25, 0.3) is 0 Å². The number of halogens is 1. The second kappa shape index (κ2) is 8.29. The number of rotatable bonds is 6. The van der Waals surface area contributed by atoms with E-state index in [0.29, 0.717) is 11.4 Å². The van der Waals surface area contributed by atoms with Crippen molar-refractivity contribution in [1.29, 1.82) is 0 Å². The van der Waals surface area contributed by atoms with E-state index in [1.54, 1.807) is 7.05 Å². The van der Waals surface area contributed by atoms with Crippen molar-refractivity contribution in [2.75, 3.05) is 32.6 Å². The fourth-order valence-electron chi connectivity index (χ4n) is 2.45. The van der Waals surface area contributed by atoms with Crippen molar-refractivity contribution >= 4 is 33.2 Å². The molecule has 0 unspecified atom stereocenters. The first-order valence-electron chi connectivity index (χ1n) is 8.21. The maximum atomic E-state index is 12.7. The molecule has 0 N–H and O–H groups in total. The van der Waals surface area contributed by atoms with Crippen molar-refractivity contribution < 1.29 is 17.9 Å². The first-order valence-corrected chi connectivity index (χ1v) is 10.0. The second-order valence-electron chi connectivity index (χ2n) is 6.28. The topological polar surface area (TPSA) is 66.9 Å². The molecule has 0 heterocycles. The molecule has 0 fully saturated rings. The van der Waals surface area contributed by atoms with Crippen LogP contribution in [0.1, 0.15) is 11.1 Å². The average Bonchev–Trinajstić information content (AvgIpc) is 2.63. The molecule has 0 radical (unpaired) electrons. The van der Waals surface area contributed by atoms with Gasteiger partial charge in [-0.15, -0.1) is 0 Å². The molecule has 0 aliphatic rings. The molecule has 0 bridgehead atoms. The fraction of sp³-hybridized carbons (Fsp3) is 0.316. The maximum Gasteiger partial charge on any atom is 0.243 e. The molecule has 2 aromatic carbocycles. The van der Waals surface area contributed by atoms with Gasteiger partial charge in [-0.2, -0.15) is 4.31 Å². The van der Waals surface area contributed by atoms with Crippen LogP contribution in [0.4, 0.5) is 5.69 Å². The van der Waals surface area contributed by atoms with E-state index in [1.165, 1.54) is 37.3 Å². The Labute approximate surface area is 165 Å². The van der Waals surface area contributed by atoms with Crippen molar-refractivity contribution in [3.05, 3.63) is 52.5 Å². The van der Waals surface area contributed by atoms with Crippen LogP contribution in [-0.2, 0) is 14.8 Å². The highest BCUT2D eigenvalue weighted by Crippen LogP contribution is 2.28. The third kappa shape index (κ3) is 4.61. The van der Waals surface area contributed by atoms with Crippen LogP contribution in [0.2, 0.25) is 5.02 Å². The first-order chi connectivity index (χ1) is 12.6. The summed E-state index contributed by atoms with van der Waals surface area (Å²) in [5.74, 6) is 0.0350. The van der Waals surface area contributed by atoms with E-state index >= 15 is 0 Å². The number of anilines is 1. The molecular weight excluding hydrogens is 388 g/mol.